The Kier molecular flexibility index (Phi) is 30.5. The van der Waals surface area contributed by atoms with Crippen molar-refractivity contribution in [3.05, 3.63) is 24.5 Å². The number of epoxide rings is 1. The van der Waals surface area contributed by atoms with Crippen molar-refractivity contribution >= 4 is 13.8 Å². The van der Waals surface area contributed by atoms with Gasteiger partial charge < -0.3 is 24.8 Å². The first-order valence-electron chi connectivity index (χ1n) is 20.0. The zero-order valence-electron chi connectivity index (χ0n) is 31.4. The molecule has 3 N–H and O–H groups in total. The van der Waals surface area contributed by atoms with Crippen LogP contribution >= 0.6 is 7.82 Å². The topological polar surface area (TPSA) is 130 Å². The third kappa shape index (κ3) is 30.1. The monoisotopic (exact) mass is 716 g/mol. The van der Waals surface area contributed by atoms with Crippen LogP contribution in [0.3, 0.4) is 0 Å². The highest BCUT2D eigenvalue weighted by Gasteiger charge is 2.36. The van der Waals surface area contributed by atoms with E-state index in [1.54, 1.807) is 6.26 Å². The zero-order valence-corrected chi connectivity index (χ0v) is 32.3. The van der Waals surface area contributed by atoms with E-state index in [1.807, 2.05) is 6.08 Å². The number of carbonyl (C=O) groups excluding carboxylic acids is 1. The molecule has 9 nitrogen and oxygen atoms in total. The van der Waals surface area contributed by atoms with Crippen molar-refractivity contribution in [2.75, 3.05) is 26.4 Å². The average molecular weight is 716 g/mol. The van der Waals surface area contributed by atoms with Gasteiger partial charge in [-0.3, -0.25) is 13.8 Å². The van der Waals surface area contributed by atoms with Crippen molar-refractivity contribution in [1.82, 2.24) is 0 Å². The van der Waals surface area contributed by atoms with E-state index >= 15 is 0 Å². The molecule has 49 heavy (non-hydrogen) atoms. The Labute approximate surface area is 300 Å². The molecule has 0 bridgehead atoms. The van der Waals surface area contributed by atoms with Crippen LogP contribution in [0.5, 0.6) is 0 Å². The summed E-state index contributed by atoms with van der Waals surface area (Å²) in [5.74, 6) is -0.369. The van der Waals surface area contributed by atoms with Crippen molar-refractivity contribution in [3.8, 4) is 0 Å². The third-order valence-corrected chi connectivity index (χ3v) is 9.84. The fourth-order valence-electron chi connectivity index (χ4n) is 5.79. The predicted molar refractivity (Wildman–Crippen MR) is 200 cm³/mol. The molecule has 1 aliphatic rings. The minimum atomic E-state index is -4.29. The summed E-state index contributed by atoms with van der Waals surface area (Å²) in [5.41, 5.74) is 5.35. The molecule has 0 spiro atoms. The minimum Gasteiger partial charge on any atom is -0.498 e. The van der Waals surface area contributed by atoms with Crippen molar-refractivity contribution in [2.24, 2.45) is 5.73 Å². The van der Waals surface area contributed by atoms with Crippen molar-refractivity contribution in [2.45, 2.75) is 193 Å². The van der Waals surface area contributed by atoms with E-state index in [0.29, 0.717) is 12.2 Å². The van der Waals surface area contributed by atoms with E-state index in [1.165, 1.54) is 96.3 Å². The van der Waals surface area contributed by atoms with Crippen LogP contribution < -0.4 is 5.73 Å². The first-order valence-corrected chi connectivity index (χ1v) is 21.5. The SMILES string of the molecule is CCCCCCCCCCCCCC/C=C/OC[C@H](COP(=O)(O)OCCN)OC(=O)CCCCCCC/C=C\CC1OC1CCCCC. The number of phosphoric acid groups is 1. The third-order valence-electron chi connectivity index (χ3n) is 8.86. The molecule has 0 saturated carbocycles. The predicted octanol–water partition coefficient (Wildman–Crippen LogP) is 10.6. The molecule has 1 fully saturated rings. The van der Waals surface area contributed by atoms with Gasteiger partial charge in [0.25, 0.3) is 0 Å². The molecule has 1 heterocycles. The molecular weight excluding hydrogens is 641 g/mol. The van der Waals surface area contributed by atoms with Gasteiger partial charge in [-0.1, -0.05) is 135 Å². The van der Waals surface area contributed by atoms with Crippen LogP contribution in [0.4, 0.5) is 0 Å². The summed E-state index contributed by atoms with van der Waals surface area (Å²) in [6.45, 7) is 4.19. The fraction of sp³-hybridized carbons (Fsp3) is 0.872. The second-order valence-corrected chi connectivity index (χ2v) is 15.1. The van der Waals surface area contributed by atoms with E-state index in [2.05, 4.69) is 26.0 Å². The Bertz CT molecular complexity index is 870. The van der Waals surface area contributed by atoms with Crippen LogP contribution in [-0.4, -0.2) is 55.5 Å². The lowest BCUT2D eigenvalue weighted by atomic mass is 10.0. The molecule has 1 saturated heterocycles. The van der Waals surface area contributed by atoms with Gasteiger partial charge in [-0.2, -0.15) is 0 Å². The van der Waals surface area contributed by atoms with E-state index in [4.69, 9.17) is 29.0 Å². The maximum absolute atomic E-state index is 12.5. The van der Waals surface area contributed by atoms with Crippen LogP contribution in [0, 0.1) is 0 Å². The maximum atomic E-state index is 12.5. The van der Waals surface area contributed by atoms with Crippen LogP contribution in [-0.2, 0) is 32.6 Å². The fourth-order valence-corrected chi connectivity index (χ4v) is 6.56. The van der Waals surface area contributed by atoms with Gasteiger partial charge in [0.1, 0.15) is 6.61 Å². The number of ether oxygens (including phenoxy) is 3. The quantitative estimate of drug-likeness (QED) is 0.0161. The Morgan fingerprint density at radius 1 is 0.735 bits per heavy atom. The zero-order chi connectivity index (χ0) is 35.7. The molecule has 288 valence electrons. The van der Waals surface area contributed by atoms with E-state index < -0.39 is 13.9 Å². The maximum Gasteiger partial charge on any atom is 0.472 e. The molecule has 0 amide bonds. The number of hydrogen-bond acceptors (Lipinski definition) is 8. The standard InChI is InChI=1S/C39H74NO8P/c1-3-5-7-8-9-10-11-12-13-14-17-20-23-27-32-44-34-36(35-46-49(42,43)45-33-31-40)47-39(41)30-26-22-19-16-15-18-21-25-29-38-37(48-38)28-24-6-4-2/h21,25,27,32,36-38H,3-20,22-24,26,28-31,33-35,40H2,1-2H3,(H,42,43)/b25-21-,32-27+/t36-,37?,38?/m1/s1. The molecule has 0 aromatic heterocycles. The molecule has 0 aromatic carbocycles. The summed E-state index contributed by atoms with van der Waals surface area (Å²) in [5, 5.41) is 0. The van der Waals surface area contributed by atoms with Crippen molar-refractivity contribution in [1.29, 1.82) is 0 Å². The van der Waals surface area contributed by atoms with Gasteiger partial charge in [-0.05, 0) is 51.0 Å². The summed E-state index contributed by atoms with van der Waals surface area (Å²) < 4.78 is 38.8. The number of rotatable bonds is 37. The van der Waals surface area contributed by atoms with Crippen LogP contribution in [0.1, 0.15) is 174 Å². The number of nitrogens with two attached hydrogens (primary N) is 1. The number of phosphoric ester groups is 1. The minimum absolute atomic E-state index is 0.0253. The lowest BCUT2D eigenvalue weighted by molar-refractivity contribution is -0.153. The normalized spacial score (nSPS) is 17.9. The van der Waals surface area contributed by atoms with E-state index in [-0.39, 0.29) is 38.8 Å². The van der Waals surface area contributed by atoms with Gasteiger partial charge in [-0.15, -0.1) is 0 Å². The summed E-state index contributed by atoms with van der Waals surface area (Å²) in [7, 11) is -4.29. The van der Waals surface area contributed by atoms with Gasteiger partial charge in [0.15, 0.2) is 6.10 Å². The summed E-state index contributed by atoms with van der Waals surface area (Å²) in [4.78, 5) is 22.4. The Balaban J connectivity index is 2.17. The van der Waals surface area contributed by atoms with Gasteiger partial charge in [0.2, 0.25) is 0 Å². The molecule has 10 heteroatoms. The summed E-state index contributed by atoms with van der Waals surface area (Å²) >= 11 is 0. The number of allylic oxidation sites excluding steroid dienone is 2. The Morgan fingerprint density at radius 3 is 1.94 bits per heavy atom. The average Bonchev–Trinajstić information content (AvgIpc) is 3.84. The number of hydrogen-bond donors (Lipinski definition) is 2. The highest BCUT2D eigenvalue weighted by molar-refractivity contribution is 7.47. The van der Waals surface area contributed by atoms with Crippen molar-refractivity contribution in [3.63, 3.8) is 0 Å². The van der Waals surface area contributed by atoms with E-state index in [0.717, 1.165) is 57.8 Å². The van der Waals surface area contributed by atoms with Gasteiger partial charge in [0, 0.05) is 13.0 Å². The van der Waals surface area contributed by atoms with Gasteiger partial charge >= 0.3 is 13.8 Å². The number of unbranched alkanes of at least 4 members (excludes halogenated alkanes) is 19. The second-order valence-electron chi connectivity index (χ2n) is 13.6. The molecule has 3 unspecified atom stereocenters. The Morgan fingerprint density at radius 2 is 1.31 bits per heavy atom. The molecule has 0 aliphatic carbocycles. The molecule has 0 radical (unpaired) electrons. The summed E-state index contributed by atoms with van der Waals surface area (Å²) in [6.07, 6.45) is 37.4. The lowest BCUT2D eigenvalue weighted by Gasteiger charge is -2.19. The van der Waals surface area contributed by atoms with Crippen LogP contribution in [0.15, 0.2) is 24.5 Å². The number of esters is 1. The first kappa shape index (κ1) is 45.8. The molecule has 0 aromatic rings. The van der Waals surface area contributed by atoms with Gasteiger partial charge in [-0.25, -0.2) is 4.57 Å². The molecule has 1 rings (SSSR count). The molecule has 1 aliphatic heterocycles. The summed E-state index contributed by atoms with van der Waals surface area (Å²) in [6, 6.07) is 0. The highest BCUT2D eigenvalue weighted by atomic mass is 31.2. The first-order chi connectivity index (χ1) is 23.9. The molecule has 4 atom stereocenters. The number of carbonyl (C=O) groups is 1. The molecular formula is C39H74NO8P. The van der Waals surface area contributed by atoms with E-state index in [9.17, 15) is 14.3 Å². The lowest BCUT2D eigenvalue weighted by Crippen LogP contribution is -2.27. The van der Waals surface area contributed by atoms with Crippen molar-refractivity contribution < 1.29 is 37.5 Å². The largest absolute Gasteiger partial charge is 0.498 e. The highest BCUT2D eigenvalue weighted by Crippen LogP contribution is 2.43. The Hall–Kier alpha value is -1.22. The second kappa shape index (κ2) is 32.7. The van der Waals surface area contributed by atoms with Crippen LogP contribution in [0.25, 0.3) is 0 Å². The van der Waals surface area contributed by atoms with Gasteiger partial charge in [0.05, 0.1) is 31.7 Å². The smallest absolute Gasteiger partial charge is 0.472 e. The van der Waals surface area contributed by atoms with Crippen LogP contribution in [0.2, 0.25) is 0 Å².